The van der Waals surface area contributed by atoms with Crippen LogP contribution in [0, 0.1) is 11.8 Å². The number of rotatable bonds is 5. The van der Waals surface area contributed by atoms with Gasteiger partial charge in [-0.2, -0.15) is 13.2 Å². The van der Waals surface area contributed by atoms with Crippen LogP contribution < -0.4 is 5.32 Å². The maximum absolute atomic E-state index is 12.6. The van der Waals surface area contributed by atoms with E-state index in [-0.39, 0.29) is 12.3 Å². The molecule has 0 amide bonds. The monoisotopic (exact) mass is 267 g/mol. The van der Waals surface area contributed by atoms with E-state index in [4.69, 9.17) is 0 Å². The lowest BCUT2D eigenvalue weighted by Crippen LogP contribution is -2.36. The minimum Gasteiger partial charge on any atom is -0.372 e. The van der Waals surface area contributed by atoms with Crippen molar-refractivity contribution >= 4 is 0 Å². The van der Waals surface area contributed by atoms with E-state index in [0.717, 1.165) is 32.8 Å². The molecule has 0 saturated heterocycles. The van der Waals surface area contributed by atoms with Gasteiger partial charge in [-0.1, -0.05) is 12.8 Å². The largest absolute Gasteiger partial charge is 0.414 e. The molecule has 1 saturated carbocycles. The Balaban J connectivity index is 2.39. The SMILES string of the molecule is CNC(C)C1CCC(CC(OC)C(F)(F)F)CC1. The smallest absolute Gasteiger partial charge is 0.372 e. The molecule has 2 nitrogen and oxygen atoms in total. The van der Waals surface area contributed by atoms with E-state index < -0.39 is 12.3 Å². The summed E-state index contributed by atoms with van der Waals surface area (Å²) in [6.07, 6.45) is -1.92. The first-order chi connectivity index (χ1) is 8.38. The zero-order chi connectivity index (χ0) is 13.8. The average Bonchev–Trinajstić information content (AvgIpc) is 2.34. The number of hydrogen-bond donors (Lipinski definition) is 1. The zero-order valence-electron chi connectivity index (χ0n) is 11.4. The zero-order valence-corrected chi connectivity index (χ0v) is 11.4. The van der Waals surface area contributed by atoms with Gasteiger partial charge < -0.3 is 10.1 Å². The van der Waals surface area contributed by atoms with E-state index in [2.05, 4.69) is 17.0 Å². The van der Waals surface area contributed by atoms with E-state index in [1.165, 1.54) is 0 Å². The number of halogens is 3. The molecule has 2 unspecified atom stereocenters. The van der Waals surface area contributed by atoms with Crippen LogP contribution in [0.3, 0.4) is 0 Å². The highest BCUT2D eigenvalue weighted by atomic mass is 19.4. The van der Waals surface area contributed by atoms with Gasteiger partial charge in [-0.05, 0) is 45.1 Å². The first-order valence-electron chi connectivity index (χ1n) is 6.65. The molecule has 5 heteroatoms. The Morgan fingerprint density at radius 2 is 1.78 bits per heavy atom. The van der Waals surface area contributed by atoms with Crippen molar-refractivity contribution < 1.29 is 17.9 Å². The van der Waals surface area contributed by atoms with Gasteiger partial charge in [0.2, 0.25) is 0 Å². The molecular formula is C13H24F3NO. The van der Waals surface area contributed by atoms with Gasteiger partial charge in [-0.15, -0.1) is 0 Å². The maximum Gasteiger partial charge on any atom is 0.414 e. The lowest BCUT2D eigenvalue weighted by atomic mass is 9.77. The Bertz CT molecular complexity index is 237. The van der Waals surface area contributed by atoms with Crippen LogP contribution in [0.2, 0.25) is 0 Å². The number of hydrogen-bond acceptors (Lipinski definition) is 2. The van der Waals surface area contributed by atoms with Crippen molar-refractivity contribution in [3.63, 3.8) is 0 Å². The summed E-state index contributed by atoms with van der Waals surface area (Å²) in [4.78, 5) is 0. The molecule has 0 aromatic heterocycles. The van der Waals surface area contributed by atoms with E-state index in [1.54, 1.807) is 0 Å². The van der Waals surface area contributed by atoms with Gasteiger partial charge in [0.15, 0.2) is 6.10 Å². The second kappa shape index (κ2) is 6.75. The fourth-order valence-electron chi connectivity index (χ4n) is 2.83. The molecule has 1 aliphatic carbocycles. The molecule has 0 spiro atoms. The summed E-state index contributed by atoms with van der Waals surface area (Å²) in [7, 11) is 3.08. The van der Waals surface area contributed by atoms with Gasteiger partial charge in [0.05, 0.1) is 0 Å². The van der Waals surface area contributed by atoms with Crippen LogP contribution in [0.1, 0.15) is 39.0 Å². The number of methoxy groups -OCH3 is 1. The molecule has 1 N–H and O–H groups in total. The minimum absolute atomic E-state index is 0.112. The molecule has 0 heterocycles. The molecule has 1 aliphatic rings. The Morgan fingerprint density at radius 3 is 2.17 bits per heavy atom. The van der Waals surface area contributed by atoms with Crippen LogP contribution in [0.5, 0.6) is 0 Å². The summed E-state index contributed by atoms with van der Waals surface area (Å²) >= 11 is 0. The van der Waals surface area contributed by atoms with Crippen molar-refractivity contribution in [1.82, 2.24) is 5.32 Å². The molecule has 2 atom stereocenters. The number of nitrogens with one attached hydrogen (secondary N) is 1. The average molecular weight is 267 g/mol. The van der Waals surface area contributed by atoms with Crippen LogP contribution in [-0.2, 0) is 4.74 Å². The molecule has 1 fully saturated rings. The summed E-state index contributed by atoms with van der Waals surface area (Å²) in [6.45, 7) is 2.14. The number of alkyl halides is 3. The highest BCUT2D eigenvalue weighted by Gasteiger charge is 2.41. The van der Waals surface area contributed by atoms with Crippen LogP contribution >= 0.6 is 0 Å². The quantitative estimate of drug-likeness (QED) is 0.824. The maximum atomic E-state index is 12.6. The van der Waals surface area contributed by atoms with Crippen molar-refractivity contribution in [2.75, 3.05) is 14.2 Å². The minimum atomic E-state index is -4.23. The summed E-state index contributed by atoms with van der Waals surface area (Å²) < 4.78 is 42.4. The predicted molar refractivity (Wildman–Crippen MR) is 65.4 cm³/mol. The topological polar surface area (TPSA) is 21.3 Å². The second-order valence-corrected chi connectivity index (χ2v) is 5.36. The van der Waals surface area contributed by atoms with E-state index in [1.807, 2.05) is 7.05 Å². The Labute approximate surface area is 107 Å². The second-order valence-electron chi connectivity index (χ2n) is 5.36. The third-order valence-electron chi connectivity index (χ3n) is 4.25. The van der Waals surface area contributed by atoms with Crippen molar-refractivity contribution in [3.8, 4) is 0 Å². The molecule has 0 aromatic rings. The van der Waals surface area contributed by atoms with Gasteiger partial charge in [-0.25, -0.2) is 0 Å². The van der Waals surface area contributed by atoms with E-state index in [0.29, 0.717) is 12.0 Å². The van der Waals surface area contributed by atoms with Gasteiger partial charge >= 0.3 is 6.18 Å². The normalized spacial score (nSPS) is 29.0. The first-order valence-corrected chi connectivity index (χ1v) is 6.65. The van der Waals surface area contributed by atoms with Crippen LogP contribution in [0.4, 0.5) is 13.2 Å². The lowest BCUT2D eigenvalue weighted by molar-refractivity contribution is -0.218. The molecule has 18 heavy (non-hydrogen) atoms. The Hall–Kier alpha value is -0.290. The number of ether oxygens (including phenoxy) is 1. The van der Waals surface area contributed by atoms with E-state index in [9.17, 15) is 13.2 Å². The Kier molecular flexibility index (Phi) is 5.92. The fraction of sp³-hybridized carbons (Fsp3) is 1.00. The van der Waals surface area contributed by atoms with Crippen LogP contribution in [-0.4, -0.2) is 32.5 Å². The molecule has 0 bridgehead atoms. The van der Waals surface area contributed by atoms with Crippen molar-refractivity contribution in [3.05, 3.63) is 0 Å². The third kappa shape index (κ3) is 4.43. The van der Waals surface area contributed by atoms with Gasteiger partial charge in [0, 0.05) is 13.2 Å². The van der Waals surface area contributed by atoms with Gasteiger partial charge in [-0.3, -0.25) is 0 Å². The highest BCUT2D eigenvalue weighted by molar-refractivity contribution is 4.81. The highest BCUT2D eigenvalue weighted by Crippen LogP contribution is 2.36. The summed E-state index contributed by atoms with van der Waals surface area (Å²) in [5, 5.41) is 3.22. The molecule has 0 radical (unpaired) electrons. The lowest BCUT2D eigenvalue weighted by Gasteiger charge is -2.33. The van der Waals surface area contributed by atoms with Crippen LogP contribution in [0.15, 0.2) is 0 Å². The molecule has 108 valence electrons. The summed E-state index contributed by atoms with van der Waals surface area (Å²) in [5.41, 5.74) is 0. The Morgan fingerprint density at radius 1 is 1.22 bits per heavy atom. The fourth-order valence-corrected chi connectivity index (χ4v) is 2.83. The van der Waals surface area contributed by atoms with Crippen molar-refractivity contribution in [1.29, 1.82) is 0 Å². The van der Waals surface area contributed by atoms with Crippen LogP contribution in [0.25, 0.3) is 0 Å². The molecule has 0 aromatic carbocycles. The van der Waals surface area contributed by atoms with Gasteiger partial charge in [0.1, 0.15) is 0 Å². The van der Waals surface area contributed by atoms with Crippen molar-refractivity contribution in [2.24, 2.45) is 11.8 Å². The van der Waals surface area contributed by atoms with E-state index >= 15 is 0 Å². The first kappa shape index (κ1) is 15.8. The predicted octanol–water partition coefficient (Wildman–Crippen LogP) is 3.37. The van der Waals surface area contributed by atoms with Gasteiger partial charge in [0.25, 0.3) is 0 Å². The summed E-state index contributed by atoms with van der Waals surface area (Å²) in [6, 6.07) is 0.451. The standard InChI is InChI=1S/C13H24F3NO/c1-9(17-2)11-6-4-10(5-7-11)8-12(18-3)13(14,15)16/h9-12,17H,4-8H2,1-3H3. The summed E-state index contributed by atoms with van der Waals surface area (Å²) in [5.74, 6) is 0.745. The molecular weight excluding hydrogens is 243 g/mol. The molecule has 0 aliphatic heterocycles. The van der Waals surface area contributed by atoms with Crippen molar-refractivity contribution in [2.45, 2.75) is 57.3 Å². The third-order valence-corrected chi connectivity index (χ3v) is 4.25. The molecule has 1 rings (SSSR count).